The smallest absolute Gasteiger partial charge is 0.338 e. The Morgan fingerprint density at radius 1 is 1.21 bits per heavy atom. The molecule has 6 heteroatoms. The van der Waals surface area contributed by atoms with E-state index >= 15 is 0 Å². The average Bonchev–Trinajstić information content (AvgIpc) is 3.21. The standard InChI is InChI=1S/C13H16O5S/c14-13(12-4-2-1-3-5-12)17-8-9-19(15,16)18-10-11-6-7-11/h1-5,11H,6-10H2. The number of hydrogen-bond acceptors (Lipinski definition) is 5. The molecule has 0 spiro atoms. The minimum atomic E-state index is -3.59. The summed E-state index contributed by atoms with van der Waals surface area (Å²) in [6, 6.07) is 8.44. The Labute approximate surface area is 112 Å². The zero-order chi connectivity index (χ0) is 13.7. The second kappa shape index (κ2) is 6.16. The molecule has 5 nitrogen and oxygen atoms in total. The van der Waals surface area contributed by atoms with E-state index in [1.807, 2.05) is 0 Å². The largest absolute Gasteiger partial charge is 0.461 e. The molecule has 104 valence electrons. The van der Waals surface area contributed by atoms with Gasteiger partial charge in [0.15, 0.2) is 0 Å². The van der Waals surface area contributed by atoms with Crippen LogP contribution in [0.15, 0.2) is 30.3 Å². The van der Waals surface area contributed by atoms with Crippen molar-refractivity contribution in [3.05, 3.63) is 35.9 Å². The topological polar surface area (TPSA) is 69.7 Å². The molecule has 0 heterocycles. The highest BCUT2D eigenvalue weighted by Gasteiger charge is 2.24. The molecule has 0 unspecified atom stereocenters. The molecule has 2 rings (SSSR count). The van der Waals surface area contributed by atoms with E-state index in [0.717, 1.165) is 12.8 Å². The maximum Gasteiger partial charge on any atom is 0.338 e. The Morgan fingerprint density at radius 2 is 1.89 bits per heavy atom. The fraction of sp³-hybridized carbons (Fsp3) is 0.462. The van der Waals surface area contributed by atoms with Gasteiger partial charge in [0.05, 0.1) is 12.2 Å². The highest BCUT2D eigenvalue weighted by Crippen LogP contribution is 2.29. The lowest BCUT2D eigenvalue weighted by Gasteiger charge is -2.06. The van der Waals surface area contributed by atoms with Crippen LogP contribution in [0, 0.1) is 5.92 Å². The molecule has 1 aliphatic rings. The van der Waals surface area contributed by atoms with E-state index in [0.29, 0.717) is 11.5 Å². The average molecular weight is 284 g/mol. The van der Waals surface area contributed by atoms with Crippen molar-refractivity contribution < 1.29 is 22.1 Å². The first-order valence-electron chi connectivity index (χ1n) is 6.16. The molecule has 1 saturated carbocycles. The van der Waals surface area contributed by atoms with Gasteiger partial charge in [0, 0.05) is 0 Å². The first kappa shape index (κ1) is 14.0. The van der Waals surface area contributed by atoms with Crippen molar-refractivity contribution in [1.82, 2.24) is 0 Å². The summed E-state index contributed by atoms with van der Waals surface area (Å²) in [4.78, 5) is 11.5. The van der Waals surface area contributed by atoms with Crippen LogP contribution >= 0.6 is 0 Å². The molecule has 1 aromatic carbocycles. The highest BCUT2D eigenvalue weighted by molar-refractivity contribution is 7.86. The van der Waals surface area contributed by atoms with Crippen LogP contribution < -0.4 is 0 Å². The summed E-state index contributed by atoms with van der Waals surface area (Å²) in [7, 11) is -3.59. The Bertz CT molecular complexity index is 519. The van der Waals surface area contributed by atoms with Crippen LogP contribution in [0.3, 0.4) is 0 Å². The second-order valence-corrected chi connectivity index (χ2v) is 6.25. The first-order chi connectivity index (χ1) is 9.07. The van der Waals surface area contributed by atoms with E-state index in [9.17, 15) is 13.2 Å². The maximum absolute atomic E-state index is 11.5. The van der Waals surface area contributed by atoms with Crippen LogP contribution in [0.2, 0.25) is 0 Å². The quantitative estimate of drug-likeness (QED) is 0.562. The number of carbonyl (C=O) groups is 1. The molecule has 0 saturated heterocycles. The fourth-order valence-electron chi connectivity index (χ4n) is 1.44. The third-order valence-electron chi connectivity index (χ3n) is 2.76. The highest BCUT2D eigenvalue weighted by atomic mass is 32.2. The van der Waals surface area contributed by atoms with Crippen LogP contribution in [-0.2, 0) is 19.0 Å². The monoisotopic (exact) mass is 284 g/mol. The van der Waals surface area contributed by atoms with E-state index < -0.39 is 16.1 Å². The Kier molecular flexibility index (Phi) is 4.55. The van der Waals surface area contributed by atoms with Crippen molar-refractivity contribution in [2.75, 3.05) is 19.0 Å². The van der Waals surface area contributed by atoms with Gasteiger partial charge < -0.3 is 4.74 Å². The van der Waals surface area contributed by atoms with Gasteiger partial charge in [-0.15, -0.1) is 0 Å². The van der Waals surface area contributed by atoms with Crippen molar-refractivity contribution >= 4 is 16.1 Å². The van der Waals surface area contributed by atoms with E-state index in [1.165, 1.54) is 0 Å². The molecule has 0 amide bonds. The third kappa shape index (κ3) is 5.00. The van der Waals surface area contributed by atoms with Crippen molar-refractivity contribution in [2.45, 2.75) is 12.8 Å². The molecule has 0 aromatic heterocycles. The van der Waals surface area contributed by atoms with Crippen LogP contribution in [-0.4, -0.2) is 33.4 Å². The summed E-state index contributed by atoms with van der Waals surface area (Å²) in [5.41, 5.74) is 0.402. The first-order valence-corrected chi connectivity index (χ1v) is 7.74. The van der Waals surface area contributed by atoms with Gasteiger partial charge in [0.2, 0.25) is 0 Å². The summed E-state index contributed by atoms with van der Waals surface area (Å²) < 4.78 is 32.6. The summed E-state index contributed by atoms with van der Waals surface area (Å²) in [5, 5.41) is 0. The zero-order valence-corrected chi connectivity index (χ0v) is 11.3. The summed E-state index contributed by atoms with van der Waals surface area (Å²) in [6.45, 7) is 0.0513. The lowest BCUT2D eigenvalue weighted by atomic mass is 10.2. The molecule has 0 N–H and O–H groups in total. The SMILES string of the molecule is O=C(OCCS(=O)(=O)OCC1CC1)c1ccccc1. The van der Waals surface area contributed by atoms with Crippen LogP contribution in [0.4, 0.5) is 0 Å². The van der Waals surface area contributed by atoms with Gasteiger partial charge in [-0.3, -0.25) is 4.18 Å². The van der Waals surface area contributed by atoms with Gasteiger partial charge in [-0.05, 0) is 30.9 Å². The van der Waals surface area contributed by atoms with E-state index in [4.69, 9.17) is 8.92 Å². The van der Waals surface area contributed by atoms with Gasteiger partial charge in [-0.1, -0.05) is 18.2 Å². The van der Waals surface area contributed by atoms with Gasteiger partial charge >= 0.3 is 5.97 Å². The van der Waals surface area contributed by atoms with Crippen LogP contribution in [0.5, 0.6) is 0 Å². The molecule has 1 aromatic rings. The normalized spacial score (nSPS) is 15.2. The summed E-state index contributed by atoms with van der Waals surface area (Å²) in [5.74, 6) is -0.460. The van der Waals surface area contributed by atoms with Crippen molar-refractivity contribution in [2.24, 2.45) is 5.92 Å². The number of esters is 1. The molecule has 1 aliphatic carbocycles. The van der Waals surface area contributed by atoms with E-state index in [1.54, 1.807) is 30.3 Å². The Hall–Kier alpha value is -1.40. The predicted molar refractivity (Wildman–Crippen MR) is 69.2 cm³/mol. The molecule has 0 aliphatic heterocycles. The number of ether oxygens (including phenoxy) is 1. The molecular formula is C13H16O5S. The second-order valence-electron chi connectivity index (χ2n) is 4.49. The van der Waals surface area contributed by atoms with Crippen molar-refractivity contribution in [1.29, 1.82) is 0 Å². The van der Waals surface area contributed by atoms with Gasteiger partial charge in [0.25, 0.3) is 10.1 Å². The van der Waals surface area contributed by atoms with Crippen molar-refractivity contribution in [3.63, 3.8) is 0 Å². The lowest BCUT2D eigenvalue weighted by molar-refractivity contribution is 0.0527. The maximum atomic E-state index is 11.5. The van der Waals surface area contributed by atoms with E-state index in [2.05, 4.69) is 0 Å². The van der Waals surface area contributed by atoms with Gasteiger partial charge in [-0.25, -0.2) is 4.79 Å². The third-order valence-corrected chi connectivity index (χ3v) is 3.92. The Morgan fingerprint density at radius 3 is 2.53 bits per heavy atom. The number of hydrogen-bond donors (Lipinski definition) is 0. The molecule has 19 heavy (non-hydrogen) atoms. The minimum absolute atomic E-state index is 0.194. The lowest BCUT2D eigenvalue weighted by Crippen LogP contribution is -2.18. The fourth-order valence-corrected chi connectivity index (χ4v) is 2.24. The minimum Gasteiger partial charge on any atom is -0.461 e. The molecule has 0 bridgehead atoms. The summed E-state index contributed by atoms with van der Waals surface area (Å²) in [6.07, 6.45) is 2.05. The van der Waals surface area contributed by atoms with Crippen LogP contribution in [0.25, 0.3) is 0 Å². The Balaban J connectivity index is 1.71. The molecule has 0 radical (unpaired) electrons. The number of benzene rings is 1. The molecular weight excluding hydrogens is 268 g/mol. The zero-order valence-electron chi connectivity index (χ0n) is 10.4. The van der Waals surface area contributed by atoms with Crippen molar-refractivity contribution in [3.8, 4) is 0 Å². The van der Waals surface area contributed by atoms with Gasteiger partial charge in [-0.2, -0.15) is 8.42 Å². The van der Waals surface area contributed by atoms with Crippen LogP contribution in [0.1, 0.15) is 23.2 Å². The van der Waals surface area contributed by atoms with E-state index in [-0.39, 0.29) is 19.0 Å². The van der Waals surface area contributed by atoms with Gasteiger partial charge in [0.1, 0.15) is 12.4 Å². The number of rotatable bonds is 7. The molecule has 1 fully saturated rings. The predicted octanol–water partition coefficient (Wildman–Crippen LogP) is 1.60. The number of carbonyl (C=O) groups excluding carboxylic acids is 1. The summed E-state index contributed by atoms with van der Waals surface area (Å²) >= 11 is 0. The molecule has 0 atom stereocenters.